The van der Waals surface area contributed by atoms with Gasteiger partial charge in [-0.3, -0.25) is 9.97 Å². The highest BCUT2D eigenvalue weighted by atomic mass is 15.2. The van der Waals surface area contributed by atoms with Gasteiger partial charge in [0.05, 0.1) is 22.4 Å². The minimum atomic E-state index is 0.883. The highest BCUT2D eigenvalue weighted by Crippen LogP contribution is 2.48. The van der Waals surface area contributed by atoms with Gasteiger partial charge in [-0.25, -0.2) is 0 Å². The standard InChI is InChI=1S/C31H23N3/c1-3-28-21(2)22-11-4-5-12-23(22)24-13-6-8-17-29(24)34(28)30-18-9-7-14-25(30)26-15-10-16-27-31(26)33-20-19-32-27/h3-20H,1H2,2H3. The Balaban J connectivity index is 1.69. The molecule has 1 aliphatic heterocycles. The van der Waals surface area contributed by atoms with E-state index in [4.69, 9.17) is 0 Å². The number of aromatic nitrogens is 2. The molecule has 34 heavy (non-hydrogen) atoms. The van der Waals surface area contributed by atoms with E-state index >= 15 is 0 Å². The molecule has 5 aromatic rings. The number of anilines is 2. The number of hydrogen-bond donors (Lipinski definition) is 0. The Morgan fingerprint density at radius 3 is 1.88 bits per heavy atom. The molecule has 3 heteroatoms. The number of para-hydroxylation sites is 3. The fraction of sp³-hybridized carbons (Fsp3) is 0.0323. The molecule has 162 valence electrons. The molecule has 0 aliphatic carbocycles. The average molecular weight is 438 g/mol. The summed E-state index contributed by atoms with van der Waals surface area (Å²) in [4.78, 5) is 11.5. The van der Waals surface area contributed by atoms with Gasteiger partial charge in [-0.05, 0) is 47.9 Å². The SMILES string of the molecule is C=CC1=C(C)c2ccccc2-c2ccccc2N1c1ccccc1-c1cccc2nccnc12. The van der Waals surface area contributed by atoms with Gasteiger partial charge in [0, 0.05) is 34.8 Å². The van der Waals surface area contributed by atoms with Gasteiger partial charge in [-0.1, -0.05) is 79.4 Å². The van der Waals surface area contributed by atoms with Gasteiger partial charge in [-0.2, -0.15) is 0 Å². The van der Waals surface area contributed by atoms with Crippen molar-refractivity contribution in [2.24, 2.45) is 0 Å². The lowest BCUT2D eigenvalue weighted by atomic mass is 9.95. The smallest absolute Gasteiger partial charge is 0.0965 e. The zero-order valence-electron chi connectivity index (χ0n) is 18.9. The molecule has 0 fully saturated rings. The summed E-state index contributed by atoms with van der Waals surface area (Å²) in [5.74, 6) is 0. The van der Waals surface area contributed by atoms with Crippen LogP contribution in [0.1, 0.15) is 12.5 Å². The van der Waals surface area contributed by atoms with Crippen molar-refractivity contribution in [2.75, 3.05) is 4.90 Å². The van der Waals surface area contributed by atoms with Crippen LogP contribution in [0.15, 0.2) is 122 Å². The highest BCUT2D eigenvalue weighted by Gasteiger charge is 2.26. The normalized spacial score (nSPS) is 12.8. The van der Waals surface area contributed by atoms with Crippen LogP contribution in [0.3, 0.4) is 0 Å². The number of fused-ring (bicyclic) bond motifs is 4. The molecular formula is C31H23N3. The first-order chi connectivity index (χ1) is 16.8. The van der Waals surface area contributed by atoms with E-state index in [0.717, 1.165) is 39.2 Å². The zero-order valence-corrected chi connectivity index (χ0v) is 18.9. The van der Waals surface area contributed by atoms with E-state index in [9.17, 15) is 0 Å². The predicted molar refractivity (Wildman–Crippen MR) is 142 cm³/mol. The third-order valence-corrected chi connectivity index (χ3v) is 6.52. The van der Waals surface area contributed by atoms with Crippen LogP contribution in [-0.4, -0.2) is 9.97 Å². The van der Waals surface area contributed by atoms with Gasteiger partial charge in [0.25, 0.3) is 0 Å². The Morgan fingerprint density at radius 2 is 1.18 bits per heavy atom. The number of hydrogen-bond acceptors (Lipinski definition) is 3. The van der Waals surface area contributed by atoms with E-state index in [2.05, 4.69) is 107 Å². The maximum Gasteiger partial charge on any atom is 0.0965 e. The van der Waals surface area contributed by atoms with Crippen LogP contribution in [0.2, 0.25) is 0 Å². The van der Waals surface area contributed by atoms with Crippen LogP contribution < -0.4 is 4.90 Å². The van der Waals surface area contributed by atoms with Gasteiger partial charge in [0.2, 0.25) is 0 Å². The molecule has 3 nitrogen and oxygen atoms in total. The number of rotatable bonds is 3. The van der Waals surface area contributed by atoms with Crippen molar-refractivity contribution in [1.29, 1.82) is 0 Å². The van der Waals surface area contributed by atoms with Crippen molar-refractivity contribution >= 4 is 28.0 Å². The van der Waals surface area contributed by atoms with Gasteiger partial charge in [0.1, 0.15) is 0 Å². The first-order valence-electron chi connectivity index (χ1n) is 11.4. The number of benzene rings is 4. The molecule has 0 spiro atoms. The summed E-state index contributed by atoms with van der Waals surface area (Å²) in [6.45, 7) is 6.41. The van der Waals surface area contributed by atoms with Crippen molar-refractivity contribution < 1.29 is 0 Å². The predicted octanol–water partition coefficient (Wildman–Crippen LogP) is 8.03. The van der Waals surface area contributed by atoms with Crippen LogP contribution in [-0.2, 0) is 0 Å². The monoisotopic (exact) mass is 437 g/mol. The van der Waals surface area contributed by atoms with Crippen molar-refractivity contribution in [3.05, 3.63) is 127 Å². The molecule has 0 radical (unpaired) electrons. The summed E-state index contributed by atoms with van der Waals surface area (Å²) < 4.78 is 0. The molecule has 4 aromatic carbocycles. The Hall–Kier alpha value is -4.50. The zero-order chi connectivity index (χ0) is 23.1. The molecule has 1 aliphatic rings. The lowest BCUT2D eigenvalue weighted by Crippen LogP contribution is -2.17. The van der Waals surface area contributed by atoms with Crippen molar-refractivity contribution in [3.63, 3.8) is 0 Å². The van der Waals surface area contributed by atoms with Gasteiger partial charge < -0.3 is 4.90 Å². The Bertz CT molecular complexity index is 1590. The fourth-order valence-corrected chi connectivity index (χ4v) is 4.99. The minimum Gasteiger partial charge on any atom is -0.309 e. The topological polar surface area (TPSA) is 29.0 Å². The summed E-state index contributed by atoms with van der Waals surface area (Å²) in [6, 6.07) is 31.9. The summed E-state index contributed by atoms with van der Waals surface area (Å²) >= 11 is 0. The maximum absolute atomic E-state index is 4.68. The Morgan fingerprint density at radius 1 is 0.618 bits per heavy atom. The average Bonchev–Trinajstić information content (AvgIpc) is 3.01. The van der Waals surface area contributed by atoms with Crippen LogP contribution in [0.5, 0.6) is 0 Å². The molecule has 2 heterocycles. The number of nitrogens with zero attached hydrogens (tertiary/aromatic N) is 3. The molecule has 0 atom stereocenters. The minimum absolute atomic E-state index is 0.883. The van der Waals surface area contributed by atoms with Crippen molar-refractivity contribution in [3.8, 4) is 22.3 Å². The lowest BCUT2D eigenvalue weighted by Gasteiger charge is -2.30. The molecule has 6 rings (SSSR count). The molecule has 0 amide bonds. The summed E-state index contributed by atoms with van der Waals surface area (Å²) in [6.07, 6.45) is 5.46. The third kappa shape index (κ3) is 3.06. The second-order valence-corrected chi connectivity index (χ2v) is 8.36. The van der Waals surface area contributed by atoms with Crippen molar-refractivity contribution in [1.82, 2.24) is 9.97 Å². The van der Waals surface area contributed by atoms with Gasteiger partial charge in [-0.15, -0.1) is 0 Å². The van der Waals surface area contributed by atoms with E-state index in [-0.39, 0.29) is 0 Å². The number of allylic oxidation sites excluding steroid dienone is 2. The van der Waals surface area contributed by atoms with E-state index in [1.807, 2.05) is 18.2 Å². The molecule has 0 saturated heterocycles. The van der Waals surface area contributed by atoms with Gasteiger partial charge in [0.15, 0.2) is 0 Å². The van der Waals surface area contributed by atoms with E-state index < -0.39 is 0 Å². The van der Waals surface area contributed by atoms with E-state index in [1.165, 1.54) is 22.3 Å². The fourth-order valence-electron chi connectivity index (χ4n) is 4.99. The molecular weight excluding hydrogens is 414 g/mol. The Labute approximate surface area is 199 Å². The molecule has 0 saturated carbocycles. The summed E-state index contributed by atoms with van der Waals surface area (Å²) in [5, 5.41) is 0. The van der Waals surface area contributed by atoms with Gasteiger partial charge >= 0.3 is 0 Å². The lowest BCUT2D eigenvalue weighted by molar-refractivity contribution is 1.22. The maximum atomic E-state index is 4.68. The van der Waals surface area contributed by atoms with Crippen LogP contribution >= 0.6 is 0 Å². The molecule has 0 N–H and O–H groups in total. The second-order valence-electron chi connectivity index (χ2n) is 8.36. The molecule has 0 unspecified atom stereocenters. The summed E-state index contributed by atoms with van der Waals surface area (Å²) in [5.41, 5.74) is 12.0. The quantitative estimate of drug-likeness (QED) is 0.286. The van der Waals surface area contributed by atoms with Crippen LogP contribution in [0, 0.1) is 0 Å². The second kappa shape index (κ2) is 8.13. The van der Waals surface area contributed by atoms with E-state index in [0.29, 0.717) is 0 Å². The Kier molecular flexibility index (Phi) is 4.81. The van der Waals surface area contributed by atoms with Crippen molar-refractivity contribution in [2.45, 2.75) is 6.92 Å². The third-order valence-electron chi connectivity index (χ3n) is 6.52. The first kappa shape index (κ1) is 20.1. The molecule has 1 aromatic heterocycles. The highest BCUT2D eigenvalue weighted by molar-refractivity contribution is 6.01. The first-order valence-corrected chi connectivity index (χ1v) is 11.4. The van der Waals surface area contributed by atoms with E-state index in [1.54, 1.807) is 12.4 Å². The summed E-state index contributed by atoms with van der Waals surface area (Å²) in [7, 11) is 0. The largest absolute Gasteiger partial charge is 0.309 e. The van der Waals surface area contributed by atoms with Crippen LogP contribution in [0.4, 0.5) is 11.4 Å². The molecule has 0 bridgehead atoms. The van der Waals surface area contributed by atoms with Crippen LogP contribution in [0.25, 0.3) is 38.9 Å².